The highest BCUT2D eigenvalue weighted by Crippen LogP contribution is 2.35. The van der Waals surface area contributed by atoms with Crippen LogP contribution >= 0.6 is 23.1 Å². The third-order valence-electron chi connectivity index (χ3n) is 7.27. The van der Waals surface area contributed by atoms with Crippen LogP contribution < -0.4 is 10.1 Å². The number of thiophene rings is 1. The molecule has 0 saturated carbocycles. The second-order valence-corrected chi connectivity index (χ2v) is 12.1. The fourth-order valence-electron chi connectivity index (χ4n) is 4.98. The van der Waals surface area contributed by atoms with Crippen molar-refractivity contribution in [2.75, 3.05) is 12.9 Å². The standard InChI is InChI=1S/C33H29FN6O3S2/c1-43-26-14-12-23(13-15-26)28-18-27(29-11-6-16-44-29)38-40(28)31(41)21-45-33-37-36-30(39(33)20-22-7-3-2-4-8-22)19-35-32(42)24-9-5-10-25(34)17-24/h2-17,28H,18-21H2,1H3,(H,35,42). The van der Waals surface area contributed by atoms with E-state index in [4.69, 9.17) is 9.84 Å². The maximum absolute atomic E-state index is 13.7. The zero-order valence-electron chi connectivity index (χ0n) is 24.3. The third kappa shape index (κ3) is 7.13. The molecule has 0 fully saturated rings. The Kier molecular flexibility index (Phi) is 9.32. The van der Waals surface area contributed by atoms with Crippen molar-refractivity contribution in [3.8, 4) is 5.75 Å². The number of carbonyl (C=O) groups excluding carboxylic acids is 2. The van der Waals surface area contributed by atoms with Gasteiger partial charge in [0.15, 0.2) is 11.0 Å². The summed E-state index contributed by atoms with van der Waals surface area (Å²) in [4.78, 5) is 27.5. The number of carbonyl (C=O) groups is 2. The van der Waals surface area contributed by atoms with Gasteiger partial charge in [0.25, 0.3) is 11.8 Å². The molecule has 0 aliphatic carbocycles. The van der Waals surface area contributed by atoms with Gasteiger partial charge in [0.2, 0.25) is 0 Å². The van der Waals surface area contributed by atoms with Gasteiger partial charge < -0.3 is 14.6 Å². The first kappa shape index (κ1) is 30.2. The van der Waals surface area contributed by atoms with Crippen LogP contribution in [-0.4, -0.2) is 50.2 Å². The number of hydrazone groups is 1. The molecule has 0 saturated heterocycles. The molecule has 12 heteroatoms. The van der Waals surface area contributed by atoms with Crippen molar-refractivity contribution in [2.45, 2.75) is 30.7 Å². The molecule has 1 aliphatic heterocycles. The first-order chi connectivity index (χ1) is 22.0. The van der Waals surface area contributed by atoms with Gasteiger partial charge in [-0.2, -0.15) is 5.10 Å². The Balaban J connectivity index is 1.21. The van der Waals surface area contributed by atoms with Crippen LogP contribution in [0.15, 0.2) is 107 Å². The lowest BCUT2D eigenvalue weighted by Crippen LogP contribution is -2.28. The number of amides is 2. The number of ether oxygens (including phenoxy) is 1. The van der Waals surface area contributed by atoms with Gasteiger partial charge in [-0.25, -0.2) is 9.40 Å². The van der Waals surface area contributed by atoms with Crippen LogP contribution in [0.1, 0.15) is 44.6 Å². The molecule has 0 spiro atoms. The predicted octanol–water partition coefficient (Wildman–Crippen LogP) is 5.94. The van der Waals surface area contributed by atoms with Crippen LogP contribution in [0.5, 0.6) is 5.75 Å². The summed E-state index contributed by atoms with van der Waals surface area (Å²) in [5.74, 6) is 0.251. The summed E-state index contributed by atoms with van der Waals surface area (Å²) in [6, 6.07) is 26.7. The number of methoxy groups -OCH3 is 1. The van der Waals surface area contributed by atoms with Crippen LogP contribution in [0.4, 0.5) is 4.39 Å². The lowest BCUT2D eigenvalue weighted by Gasteiger charge is -2.22. The van der Waals surface area contributed by atoms with E-state index < -0.39 is 11.7 Å². The summed E-state index contributed by atoms with van der Waals surface area (Å²) in [7, 11) is 1.62. The van der Waals surface area contributed by atoms with Gasteiger partial charge in [0, 0.05) is 12.0 Å². The van der Waals surface area contributed by atoms with Crippen molar-refractivity contribution in [3.05, 3.63) is 130 Å². The molecule has 1 aliphatic rings. The highest BCUT2D eigenvalue weighted by molar-refractivity contribution is 7.99. The molecule has 0 radical (unpaired) electrons. The summed E-state index contributed by atoms with van der Waals surface area (Å²) < 4.78 is 20.9. The number of aromatic nitrogens is 3. The summed E-state index contributed by atoms with van der Waals surface area (Å²) in [5.41, 5.74) is 3.05. The zero-order valence-corrected chi connectivity index (χ0v) is 25.9. The third-order valence-corrected chi connectivity index (χ3v) is 9.14. The Labute approximate surface area is 267 Å². The van der Waals surface area contributed by atoms with E-state index in [1.807, 2.05) is 76.7 Å². The van der Waals surface area contributed by atoms with Crippen LogP contribution in [0.2, 0.25) is 0 Å². The molecule has 3 heterocycles. The Morgan fingerprint density at radius 3 is 2.58 bits per heavy atom. The number of hydrogen-bond donors (Lipinski definition) is 1. The second-order valence-electron chi connectivity index (χ2n) is 10.2. The smallest absolute Gasteiger partial charge is 0.253 e. The van der Waals surface area contributed by atoms with Gasteiger partial charge >= 0.3 is 0 Å². The lowest BCUT2D eigenvalue weighted by molar-refractivity contribution is -0.130. The van der Waals surface area contributed by atoms with Crippen molar-refractivity contribution < 1.29 is 18.7 Å². The first-order valence-electron chi connectivity index (χ1n) is 14.2. The number of halogens is 1. The maximum atomic E-state index is 13.7. The molecule has 9 nitrogen and oxygen atoms in total. The Bertz CT molecular complexity index is 1810. The van der Waals surface area contributed by atoms with Crippen LogP contribution in [-0.2, 0) is 17.9 Å². The highest BCUT2D eigenvalue weighted by atomic mass is 32.2. The number of nitrogens with one attached hydrogen (secondary N) is 1. The Morgan fingerprint density at radius 1 is 1.02 bits per heavy atom. The van der Waals surface area contributed by atoms with E-state index in [-0.39, 0.29) is 29.8 Å². The largest absolute Gasteiger partial charge is 0.497 e. The topological polar surface area (TPSA) is 102 Å². The van der Waals surface area contributed by atoms with Gasteiger partial charge in [-0.3, -0.25) is 9.59 Å². The zero-order chi connectivity index (χ0) is 31.2. The van der Waals surface area contributed by atoms with Crippen LogP contribution in [0.3, 0.4) is 0 Å². The minimum absolute atomic E-state index is 0.0732. The van der Waals surface area contributed by atoms with E-state index in [1.54, 1.807) is 29.5 Å². The number of benzene rings is 3. The van der Waals surface area contributed by atoms with Gasteiger partial charge in [0.1, 0.15) is 11.6 Å². The molecule has 0 bridgehead atoms. The normalized spacial score (nSPS) is 14.3. The molecular weight excluding hydrogens is 612 g/mol. The summed E-state index contributed by atoms with van der Waals surface area (Å²) >= 11 is 2.86. The van der Waals surface area contributed by atoms with E-state index >= 15 is 0 Å². The van der Waals surface area contributed by atoms with Gasteiger partial charge in [-0.1, -0.05) is 66.4 Å². The minimum Gasteiger partial charge on any atom is -0.497 e. The van der Waals surface area contributed by atoms with E-state index in [9.17, 15) is 14.0 Å². The lowest BCUT2D eigenvalue weighted by atomic mass is 10.0. The van der Waals surface area contributed by atoms with Crippen LogP contribution in [0.25, 0.3) is 0 Å². The molecule has 1 unspecified atom stereocenters. The quantitative estimate of drug-likeness (QED) is 0.180. The fraction of sp³-hybridized carbons (Fsp3) is 0.182. The Hall–Kier alpha value is -4.81. The average molecular weight is 641 g/mol. The monoisotopic (exact) mass is 640 g/mol. The Morgan fingerprint density at radius 2 is 1.84 bits per heavy atom. The van der Waals surface area contributed by atoms with Gasteiger partial charge in [-0.15, -0.1) is 21.5 Å². The first-order valence-corrected chi connectivity index (χ1v) is 16.0. The number of thioether (sulfide) groups is 1. The molecule has 1 atom stereocenters. The van der Waals surface area contributed by atoms with E-state index in [0.29, 0.717) is 23.9 Å². The molecule has 45 heavy (non-hydrogen) atoms. The molecule has 2 amide bonds. The van der Waals surface area contributed by atoms with Crippen molar-refractivity contribution in [2.24, 2.45) is 5.10 Å². The second kappa shape index (κ2) is 13.9. The molecule has 2 aromatic heterocycles. The fourth-order valence-corrected chi connectivity index (χ4v) is 6.51. The van der Waals surface area contributed by atoms with Crippen molar-refractivity contribution >= 4 is 40.6 Å². The highest BCUT2D eigenvalue weighted by Gasteiger charge is 2.33. The molecule has 228 valence electrons. The minimum atomic E-state index is -0.489. The predicted molar refractivity (Wildman–Crippen MR) is 172 cm³/mol. The van der Waals surface area contributed by atoms with Gasteiger partial charge in [0.05, 0.1) is 42.6 Å². The average Bonchev–Trinajstić information content (AvgIpc) is 3.84. The van der Waals surface area contributed by atoms with Crippen molar-refractivity contribution in [3.63, 3.8) is 0 Å². The summed E-state index contributed by atoms with van der Waals surface area (Å²) in [6.07, 6.45) is 0.600. The van der Waals surface area contributed by atoms with Crippen molar-refractivity contribution in [1.29, 1.82) is 0 Å². The number of hydrogen-bond acceptors (Lipinski definition) is 8. The SMILES string of the molecule is COc1ccc(C2CC(c3cccs3)=NN2C(=O)CSc2nnc(CNC(=O)c3cccc(F)c3)n2Cc2ccccc2)cc1. The molecule has 1 N–H and O–H groups in total. The number of rotatable bonds is 11. The maximum Gasteiger partial charge on any atom is 0.253 e. The molecule has 3 aromatic carbocycles. The molecule has 6 rings (SSSR count). The van der Waals surface area contributed by atoms with E-state index in [2.05, 4.69) is 15.5 Å². The molecular formula is C33H29FN6O3S2. The van der Waals surface area contributed by atoms with Gasteiger partial charge in [-0.05, 0) is 52.9 Å². The van der Waals surface area contributed by atoms with E-state index in [0.717, 1.165) is 27.5 Å². The van der Waals surface area contributed by atoms with Crippen LogP contribution in [0, 0.1) is 5.82 Å². The van der Waals surface area contributed by atoms with E-state index in [1.165, 1.54) is 30.0 Å². The molecule has 5 aromatic rings. The summed E-state index contributed by atoms with van der Waals surface area (Å²) in [6.45, 7) is 0.512. The summed E-state index contributed by atoms with van der Waals surface area (Å²) in [5, 5.41) is 20.4. The van der Waals surface area contributed by atoms with Crippen molar-refractivity contribution in [1.82, 2.24) is 25.1 Å². The number of nitrogens with zero attached hydrogens (tertiary/aromatic N) is 5.